The highest BCUT2D eigenvalue weighted by molar-refractivity contribution is 7.79. The van der Waals surface area contributed by atoms with Crippen molar-refractivity contribution < 1.29 is 13.6 Å². The highest BCUT2D eigenvalue weighted by atomic mass is 32.2. The third-order valence-corrected chi connectivity index (χ3v) is 1.21. The van der Waals surface area contributed by atoms with E-state index in [9.17, 15) is 13.6 Å². The predicted molar refractivity (Wildman–Crippen MR) is 35.9 cm³/mol. The molecule has 0 aromatic rings. The van der Waals surface area contributed by atoms with Crippen molar-refractivity contribution in [1.82, 2.24) is 5.32 Å². The van der Waals surface area contributed by atoms with Crippen LogP contribution in [0.25, 0.3) is 0 Å². The summed E-state index contributed by atoms with van der Waals surface area (Å²) in [5.74, 6) is -1.00. The minimum absolute atomic E-state index is 0.316. The molecule has 0 bridgehead atoms. The first kappa shape index (κ1) is 9.54. The number of carbonyl (C=O) groups is 1. The molecule has 60 valence electrons. The van der Waals surface area contributed by atoms with Gasteiger partial charge in [0.15, 0.2) is 0 Å². The van der Waals surface area contributed by atoms with Crippen LogP contribution in [0.4, 0.5) is 0 Å². The van der Waals surface area contributed by atoms with Crippen molar-refractivity contribution in [3.63, 3.8) is 0 Å². The molecule has 0 aliphatic heterocycles. The largest absolute Gasteiger partial charge is 0.772 e. The Kier molecular flexibility index (Phi) is 5.09. The van der Waals surface area contributed by atoms with Crippen LogP contribution in [0.3, 0.4) is 0 Å². The van der Waals surface area contributed by atoms with Crippen LogP contribution in [0.2, 0.25) is 0 Å². The molecule has 0 aliphatic carbocycles. The maximum atomic E-state index is 10.5. The van der Waals surface area contributed by atoms with Crippen LogP contribution in [0, 0.1) is 0 Å². The normalized spacial score (nSPS) is 12.6. The summed E-state index contributed by atoms with van der Waals surface area (Å²) in [7, 11) is 0. The van der Waals surface area contributed by atoms with Gasteiger partial charge in [0, 0.05) is 13.1 Å². The summed E-state index contributed by atoms with van der Waals surface area (Å²) in [5.41, 5.74) is 5.04. The Labute approximate surface area is 61.3 Å². The summed E-state index contributed by atoms with van der Waals surface area (Å²) >= 11 is -2.30. The fraction of sp³-hybridized carbons (Fsp3) is 0.750. The van der Waals surface area contributed by atoms with E-state index >= 15 is 0 Å². The van der Waals surface area contributed by atoms with Gasteiger partial charge in [0.25, 0.3) is 0 Å². The van der Waals surface area contributed by atoms with Crippen LogP contribution in [0.15, 0.2) is 0 Å². The van der Waals surface area contributed by atoms with Crippen LogP contribution < -0.4 is 11.1 Å². The first-order chi connectivity index (χ1) is 4.66. The topological polar surface area (TPSA) is 95.2 Å². The van der Waals surface area contributed by atoms with Crippen molar-refractivity contribution >= 4 is 17.0 Å². The molecule has 0 rings (SSSR count). The van der Waals surface area contributed by atoms with Gasteiger partial charge in [0.1, 0.15) is 0 Å². The summed E-state index contributed by atoms with van der Waals surface area (Å²) in [6.07, 6.45) is 0. The minimum Gasteiger partial charge on any atom is -0.772 e. The second kappa shape index (κ2) is 5.33. The number of hydrogen-bond acceptors (Lipinski definition) is 4. The molecule has 0 saturated carbocycles. The molecule has 0 radical (unpaired) electrons. The molecule has 1 unspecified atom stereocenters. The summed E-state index contributed by atoms with van der Waals surface area (Å²) < 4.78 is 19.8. The van der Waals surface area contributed by atoms with Crippen molar-refractivity contribution in [3.8, 4) is 0 Å². The van der Waals surface area contributed by atoms with Gasteiger partial charge in [-0.1, -0.05) is 0 Å². The minimum atomic E-state index is -2.30. The van der Waals surface area contributed by atoms with Crippen molar-refractivity contribution in [3.05, 3.63) is 0 Å². The molecule has 10 heavy (non-hydrogen) atoms. The molecule has 1 atom stereocenters. The van der Waals surface area contributed by atoms with E-state index in [1.165, 1.54) is 0 Å². The molecular weight excluding hydrogens is 156 g/mol. The van der Waals surface area contributed by atoms with Gasteiger partial charge in [-0.15, -0.1) is 0 Å². The first-order valence-corrected chi connectivity index (χ1v) is 3.94. The standard InChI is InChI=1S/C4H10N2O3S/c5-1-2-6-4(7)3-10(8)9/h1-3,5H2,(H,6,7)(H,8,9)/p-1. The zero-order valence-electron chi connectivity index (χ0n) is 5.33. The Morgan fingerprint density at radius 2 is 2.30 bits per heavy atom. The van der Waals surface area contributed by atoms with Crippen molar-refractivity contribution in [2.24, 2.45) is 5.73 Å². The summed E-state index contributed by atoms with van der Waals surface area (Å²) in [6.45, 7) is 0.632. The van der Waals surface area contributed by atoms with Gasteiger partial charge in [0.2, 0.25) is 5.91 Å². The van der Waals surface area contributed by atoms with E-state index in [0.29, 0.717) is 13.1 Å². The summed E-state index contributed by atoms with van der Waals surface area (Å²) in [5, 5.41) is 2.31. The molecule has 0 heterocycles. The monoisotopic (exact) mass is 165 g/mol. The number of hydrogen-bond donors (Lipinski definition) is 2. The second-order valence-corrected chi connectivity index (χ2v) is 2.48. The number of nitrogens with one attached hydrogen (secondary N) is 1. The fourth-order valence-electron chi connectivity index (χ4n) is 0.370. The van der Waals surface area contributed by atoms with Gasteiger partial charge >= 0.3 is 0 Å². The molecule has 0 aliphatic rings. The summed E-state index contributed by atoms with van der Waals surface area (Å²) in [6, 6.07) is 0. The molecular formula is C4H9N2O3S-. The molecule has 0 saturated heterocycles. The quantitative estimate of drug-likeness (QED) is 0.468. The van der Waals surface area contributed by atoms with Gasteiger partial charge in [-0.25, -0.2) is 0 Å². The van der Waals surface area contributed by atoms with Gasteiger partial charge in [-0.3, -0.25) is 9.00 Å². The van der Waals surface area contributed by atoms with Gasteiger partial charge < -0.3 is 15.6 Å². The van der Waals surface area contributed by atoms with E-state index in [0.717, 1.165) is 0 Å². The number of amides is 1. The third kappa shape index (κ3) is 5.67. The highest BCUT2D eigenvalue weighted by Gasteiger charge is 1.97. The van der Waals surface area contributed by atoms with E-state index in [-0.39, 0.29) is 0 Å². The molecule has 5 nitrogen and oxygen atoms in total. The van der Waals surface area contributed by atoms with E-state index in [1.54, 1.807) is 0 Å². The molecule has 3 N–H and O–H groups in total. The number of rotatable bonds is 4. The zero-order chi connectivity index (χ0) is 7.98. The Morgan fingerprint density at radius 3 is 2.70 bits per heavy atom. The van der Waals surface area contributed by atoms with Gasteiger partial charge in [-0.2, -0.15) is 0 Å². The van der Waals surface area contributed by atoms with Crippen LogP contribution in [0.5, 0.6) is 0 Å². The number of carbonyl (C=O) groups excluding carboxylic acids is 1. The second-order valence-electron chi connectivity index (χ2n) is 1.59. The Bertz CT molecular complexity index is 138. The predicted octanol–water partition coefficient (Wildman–Crippen LogP) is -2.06. The van der Waals surface area contributed by atoms with Crippen LogP contribution in [-0.2, 0) is 15.9 Å². The molecule has 0 aromatic carbocycles. The van der Waals surface area contributed by atoms with E-state index in [1.807, 2.05) is 0 Å². The Morgan fingerprint density at radius 1 is 1.70 bits per heavy atom. The van der Waals surface area contributed by atoms with Crippen LogP contribution in [0.1, 0.15) is 0 Å². The molecule has 0 fully saturated rings. The lowest BCUT2D eigenvalue weighted by Crippen LogP contribution is -2.32. The number of nitrogens with two attached hydrogens (primary N) is 1. The van der Waals surface area contributed by atoms with E-state index in [2.05, 4.69) is 5.32 Å². The lowest BCUT2D eigenvalue weighted by atomic mass is 10.6. The average Bonchev–Trinajstić information content (AvgIpc) is 1.82. The summed E-state index contributed by atoms with van der Waals surface area (Å²) in [4.78, 5) is 10.5. The fourth-order valence-corrected chi connectivity index (χ4v) is 0.686. The maximum Gasteiger partial charge on any atom is 0.231 e. The van der Waals surface area contributed by atoms with Crippen LogP contribution in [-0.4, -0.2) is 33.5 Å². The maximum absolute atomic E-state index is 10.5. The van der Waals surface area contributed by atoms with Crippen molar-refractivity contribution in [1.29, 1.82) is 0 Å². The van der Waals surface area contributed by atoms with E-state index < -0.39 is 22.7 Å². The SMILES string of the molecule is NCCNC(=O)CS(=O)[O-]. The smallest absolute Gasteiger partial charge is 0.231 e. The molecule has 0 aromatic heterocycles. The lowest BCUT2D eigenvalue weighted by molar-refractivity contribution is -0.118. The highest BCUT2D eigenvalue weighted by Crippen LogP contribution is 1.72. The van der Waals surface area contributed by atoms with Gasteiger partial charge in [-0.05, 0) is 11.1 Å². The average molecular weight is 165 g/mol. The Hall–Kier alpha value is -0.460. The third-order valence-electron chi connectivity index (χ3n) is 0.715. The molecule has 1 amide bonds. The van der Waals surface area contributed by atoms with Crippen LogP contribution >= 0.6 is 0 Å². The lowest BCUT2D eigenvalue weighted by Gasteiger charge is -2.04. The van der Waals surface area contributed by atoms with Crippen molar-refractivity contribution in [2.45, 2.75) is 0 Å². The molecule has 0 spiro atoms. The molecule has 6 heteroatoms. The first-order valence-electron chi connectivity index (χ1n) is 2.69. The zero-order valence-corrected chi connectivity index (χ0v) is 6.15. The van der Waals surface area contributed by atoms with E-state index in [4.69, 9.17) is 5.73 Å². The van der Waals surface area contributed by atoms with Gasteiger partial charge in [0.05, 0.1) is 5.75 Å². The Balaban J connectivity index is 3.35. The van der Waals surface area contributed by atoms with Crippen molar-refractivity contribution in [2.75, 3.05) is 18.8 Å².